The van der Waals surface area contributed by atoms with Gasteiger partial charge in [0.25, 0.3) is 0 Å². The Kier molecular flexibility index (Phi) is 5.33. The molecule has 0 bridgehead atoms. The van der Waals surface area contributed by atoms with Crippen molar-refractivity contribution in [3.63, 3.8) is 0 Å². The minimum absolute atomic E-state index is 0. The summed E-state index contributed by atoms with van der Waals surface area (Å²) in [5.74, 6) is 0. The second kappa shape index (κ2) is 6.01. The average molecular weight is 429 g/mol. The van der Waals surface area contributed by atoms with Gasteiger partial charge in [-0.25, -0.2) is 0 Å². The number of allylic oxidation sites excluding steroid dienone is 4. The van der Waals surface area contributed by atoms with Gasteiger partial charge in [0.1, 0.15) is 0 Å². The van der Waals surface area contributed by atoms with Crippen molar-refractivity contribution in [1.82, 2.24) is 0 Å². The molecule has 1 aliphatic carbocycles. The molecular weight excluding hydrogens is 397 g/mol. The van der Waals surface area contributed by atoms with Crippen LogP contribution < -0.4 is 3.38 Å². The summed E-state index contributed by atoms with van der Waals surface area (Å²) in [5.41, 5.74) is 2.54. The van der Waals surface area contributed by atoms with Crippen molar-refractivity contribution in [3.8, 4) is 0 Å². The number of benzene rings is 2. The number of nitrogens with zero attached hydrogens (tertiary/aromatic N) is 1. The molecule has 3 rings (SSSR count). The van der Waals surface area contributed by atoms with E-state index in [0.29, 0.717) is 0 Å². The number of rotatable bonds is 4. The Morgan fingerprint density at radius 3 is 1.46 bits per heavy atom. The SMILES string of the molecule is Cl.Cl.[CH3][Ti]([CH3])([CH3])([CH3])([CH3])([C]1=CC=CC1)[N](c1ccccc1)c1ccccc1. The van der Waals surface area contributed by atoms with Crippen LogP contribution >= 0.6 is 24.8 Å². The quantitative estimate of drug-likeness (QED) is 0.441. The third-order valence-electron chi connectivity index (χ3n) is 5.78. The van der Waals surface area contributed by atoms with Crippen molar-refractivity contribution in [2.24, 2.45) is 0 Å². The van der Waals surface area contributed by atoms with Crippen LogP contribution in [0.5, 0.6) is 0 Å². The van der Waals surface area contributed by atoms with Crippen LogP contribution in [0.25, 0.3) is 0 Å². The van der Waals surface area contributed by atoms with Crippen molar-refractivity contribution >= 4 is 36.2 Å². The normalized spacial score (nSPS) is 17.4. The Morgan fingerprint density at radius 2 is 1.12 bits per heavy atom. The summed E-state index contributed by atoms with van der Waals surface area (Å²) >= 11 is -4.28. The first-order chi connectivity index (χ1) is 10.9. The molecule has 0 saturated carbocycles. The van der Waals surface area contributed by atoms with Crippen LogP contribution in [0.1, 0.15) is 6.42 Å². The second-order valence-electron chi connectivity index (χ2n) is 11.8. The van der Waals surface area contributed by atoms with Gasteiger partial charge in [-0.15, -0.1) is 24.8 Å². The fourth-order valence-corrected chi connectivity index (χ4v) is 13.2. The molecule has 2 aromatic carbocycles. The number of halogens is 2. The molecule has 0 unspecified atom stereocenters. The second-order valence-corrected chi connectivity index (χ2v) is 36.9. The van der Waals surface area contributed by atoms with Crippen LogP contribution in [-0.2, 0) is 13.0 Å². The summed E-state index contributed by atoms with van der Waals surface area (Å²) < 4.78 is 4.23. The van der Waals surface area contributed by atoms with Gasteiger partial charge in [0.15, 0.2) is 0 Å². The van der Waals surface area contributed by atoms with Gasteiger partial charge in [0.05, 0.1) is 0 Å². The van der Waals surface area contributed by atoms with Crippen molar-refractivity contribution < 1.29 is 13.0 Å². The molecule has 1 nitrogen and oxygen atoms in total. The van der Waals surface area contributed by atoms with Gasteiger partial charge < -0.3 is 0 Å². The Hall–Kier alpha value is -0.986. The van der Waals surface area contributed by atoms with E-state index in [1.54, 1.807) is 3.88 Å². The Labute approximate surface area is 167 Å². The molecule has 0 heterocycles. The summed E-state index contributed by atoms with van der Waals surface area (Å²) in [6.45, 7) is 0. The van der Waals surface area contributed by atoms with E-state index in [0.717, 1.165) is 6.42 Å². The molecule has 0 atom stereocenters. The fraction of sp³-hybridized carbons (Fsp3) is 0.273. The molecule has 0 fully saturated rings. The van der Waals surface area contributed by atoms with Gasteiger partial charge in [0, 0.05) is 0 Å². The maximum atomic E-state index is 2.66. The zero-order valence-corrected chi connectivity index (χ0v) is 19.7. The minimum atomic E-state index is -4.28. The van der Waals surface area contributed by atoms with Gasteiger partial charge in [-0.1, -0.05) is 0 Å². The van der Waals surface area contributed by atoms with E-state index in [4.69, 9.17) is 0 Å². The molecule has 0 aliphatic heterocycles. The van der Waals surface area contributed by atoms with Crippen molar-refractivity contribution in [2.75, 3.05) is 3.38 Å². The molecule has 0 saturated heterocycles. The number of hydrogen-bond acceptors (Lipinski definition) is 1. The summed E-state index contributed by atoms with van der Waals surface area (Å²) in [6, 6.07) is 21.7. The zero-order chi connectivity index (χ0) is 17.6. The topological polar surface area (TPSA) is 3.24 Å². The molecule has 0 radical (unpaired) electrons. The molecule has 143 valence electrons. The van der Waals surface area contributed by atoms with E-state index >= 15 is 0 Å². The number of anilines is 2. The molecule has 2 aromatic rings. The van der Waals surface area contributed by atoms with Crippen LogP contribution in [0.4, 0.5) is 11.4 Å². The van der Waals surface area contributed by atoms with E-state index in [1.165, 1.54) is 11.4 Å². The first-order valence-corrected chi connectivity index (χ1v) is 18.2. The monoisotopic (exact) mass is 428 g/mol. The van der Waals surface area contributed by atoms with Crippen LogP contribution in [0.2, 0.25) is 26.1 Å². The Morgan fingerprint density at radius 1 is 0.692 bits per heavy atom. The molecular formula is C22H32Cl2NTi. The predicted molar refractivity (Wildman–Crippen MR) is 121 cm³/mol. The number of hydrogen-bond donors (Lipinski definition) is 0. The van der Waals surface area contributed by atoms with Gasteiger partial charge >= 0.3 is 143 Å². The van der Waals surface area contributed by atoms with Gasteiger partial charge in [-0.05, 0) is 0 Å². The van der Waals surface area contributed by atoms with Crippen LogP contribution in [0.15, 0.2) is 82.8 Å². The van der Waals surface area contributed by atoms with Gasteiger partial charge in [0.2, 0.25) is 0 Å². The standard InChI is InChI=1S/C12H10N.C5H5.5CH3.2ClH.Ti/c1-3-7-11(8-4-1)13-12-9-5-2-6-10-12;1-2-4-5-3-1;;;;;;;;/h1-10H;1-3H,4H2;5*1H3;2*1H;/q-1;;;;;;;;;+1. The molecule has 0 amide bonds. The van der Waals surface area contributed by atoms with E-state index in [-0.39, 0.29) is 24.8 Å². The molecule has 26 heavy (non-hydrogen) atoms. The summed E-state index contributed by atoms with van der Waals surface area (Å²) in [5, 5.41) is 12.7. The molecule has 0 N–H and O–H groups in total. The molecule has 0 spiro atoms. The van der Waals surface area contributed by atoms with E-state index in [9.17, 15) is 0 Å². The third kappa shape index (κ3) is 3.82. The fourth-order valence-electron chi connectivity index (χ4n) is 4.32. The van der Waals surface area contributed by atoms with E-state index in [2.05, 4.69) is 108 Å². The van der Waals surface area contributed by atoms with Crippen molar-refractivity contribution in [3.05, 3.63) is 82.8 Å². The summed E-state index contributed by atoms with van der Waals surface area (Å²) in [4.78, 5) is 0. The van der Waals surface area contributed by atoms with Crippen LogP contribution in [0.3, 0.4) is 0 Å². The van der Waals surface area contributed by atoms with Gasteiger partial charge in [-0.3, -0.25) is 0 Å². The Bertz CT molecular complexity index is 801. The molecule has 4 heteroatoms. The predicted octanol–water partition coefficient (Wildman–Crippen LogP) is 8.43. The Balaban J connectivity index is 0.00000169. The van der Waals surface area contributed by atoms with E-state index < -0.39 is 13.0 Å². The van der Waals surface area contributed by atoms with E-state index in [1.807, 2.05) is 0 Å². The van der Waals surface area contributed by atoms with Crippen LogP contribution in [-0.4, -0.2) is 0 Å². The van der Waals surface area contributed by atoms with Crippen LogP contribution in [0, 0.1) is 0 Å². The van der Waals surface area contributed by atoms with Gasteiger partial charge in [-0.2, -0.15) is 0 Å². The average Bonchev–Trinajstić information content (AvgIpc) is 3.04. The van der Waals surface area contributed by atoms with Crippen molar-refractivity contribution in [1.29, 1.82) is 0 Å². The summed E-state index contributed by atoms with van der Waals surface area (Å²) in [6.07, 6.45) is 7.91. The first-order valence-electron chi connectivity index (χ1n) is 8.96. The zero-order valence-electron chi connectivity index (χ0n) is 16.5. The number of para-hydroxylation sites is 2. The maximum absolute atomic E-state index is 4.28. The molecule has 0 aromatic heterocycles. The first kappa shape index (κ1) is 23.1. The third-order valence-corrected chi connectivity index (χ3v) is 16.5. The van der Waals surface area contributed by atoms with Crippen molar-refractivity contribution in [2.45, 2.75) is 32.6 Å². The molecule has 1 aliphatic rings. The summed E-state index contributed by atoms with van der Waals surface area (Å²) in [7, 11) is 0.